The first-order chi connectivity index (χ1) is 10.1. The third-order valence-electron chi connectivity index (χ3n) is 4.74. The molecule has 5 heteroatoms. The van der Waals surface area contributed by atoms with E-state index < -0.39 is 11.9 Å². The number of carboxylic acids is 1. The molecule has 0 spiro atoms. The molecule has 3 rings (SSSR count). The van der Waals surface area contributed by atoms with Crippen LogP contribution in [0.25, 0.3) is 0 Å². The fourth-order valence-electron chi connectivity index (χ4n) is 3.74. The molecule has 3 atom stereocenters. The number of carboxylic acid groups (broad SMARTS) is 1. The zero-order chi connectivity index (χ0) is 15.0. The van der Waals surface area contributed by atoms with Crippen LogP contribution in [0.1, 0.15) is 31.2 Å². The number of fused-ring (bicyclic) bond motifs is 2. The molecule has 2 N–H and O–H groups in total. The van der Waals surface area contributed by atoms with Crippen LogP contribution in [0, 0.1) is 5.92 Å². The summed E-state index contributed by atoms with van der Waals surface area (Å²) in [5, 5.41) is 18.9. The van der Waals surface area contributed by atoms with E-state index in [4.69, 9.17) is 0 Å². The molecule has 2 aliphatic heterocycles. The van der Waals surface area contributed by atoms with E-state index in [2.05, 4.69) is 0 Å². The molecule has 0 radical (unpaired) electrons. The van der Waals surface area contributed by atoms with E-state index in [0.29, 0.717) is 19.3 Å². The Hall–Kier alpha value is -2.04. The van der Waals surface area contributed by atoms with Crippen molar-refractivity contribution in [3.63, 3.8) is 0 Å². The lowest BCUT2D eigenvalue weighted by molar-refractivity contribution is -0.143. The first kappa shape index (κ1) is 13.9. The maximum absolute atomic E-state index is 12.4. The van der Waals surface area contributed by atoms with Crippen molar-refractivity contribution < 1.29 is 19.8 Å². The molecule has 2 aliphatic rings. The maximum Gasteiger partial charge on any atom is 0.308 e. The van der Waals surface area contributed by atoms with Gasteiger partial charge in [-0.3, -0.25) is 9.59 Å². The van der Waals surface area contributed by atoms with Crippen molar-refractivity contribution >= 4 is 11.9 Å². The molecule has 5 nitrogen and oxygen atoms in total. The molecule has 1 amide bonds. The fourth-order valence-corrected chi connectivity index (χ4v) is 3.74. The summed E-state index contributed by atoms with van der Waals surface area (Å²) in [6.45, 7) is 0. The zero-order valence-electron chi connectivity index (χ0n) is 11.7. The number of aliphatic carboxylic acids is 1. The van der Waals surface area contributed by atoms with Crippen LogP contribution in [0.5, 0.6) is 5.75 Å². The molecule has 0 aromatic heterocycles. The van der Waals surface area contributed by atoms with Gasteiger partial charge in [0, 0.05) is 18.5 Å². The van der Waals surface area contributed by atoms with Crippen LogP contribution in [-0.4, -0.2) is 39.1 Å². The van der Waals surface area contributed by atoms with E-state index in [-0.39, 0.29) is 23.7 Å². The summed E-state index contributed by atoms with van der Waals surface area (Å²) in [6.07, 6.45) is 3.10. The minimum atomic E-state index is -0.791. The van der Waals surface area contributed by atoms with Gasteiger partial charge >= 0.3 is 5.97 Å². The van der Waals surface area contributed by atoms with E-state index in [1.807, 2.05) is 6.07 Å². The second kappa shape index (κ2) is 5.39. The second-order valence-corrected chi connectivity index (χ2v) is 5.91. The number of phenols is 1. The van der Waals surface area contributed by atoms with Crippen LogP contribution in [0.15, 0.2) is 24.3 Å². The Balaban J connectivity index is 1.64. The van der Waals surface area contributed by atoms with Gasteiger partial charge in [-0.25, -0.2) is 0 Å². The molecule has 2 bridgehead atoms. The molecule has 1 aromatic rings. The lowest BCUT2D eigenvalue weighted by Gasteiger charge is -2.23. The Morgan fingerprint density at radius 2 is 2.00 bits per heavy atom. The normalized spacial score (nSPS) is 27.0. The smallest absolute Gasteiger partial charge is 0.308 e. The van der Waals surface area contributed by atoms with Gasteiger partial charge in [-0.05, 0) is 37.3 Å². The van der Waals surface area contributed by atoms with E-state index in [0.717, 1.165) is 18.4 Å². The number of para-hydroxylation sites is 1. The lowest BCUT2D eigenvalue weighted by Crippen LogP contribution is -2.37. The highest BCUT2D eigenvalue weighted by molar-refractivity contribution is 5.80. The number of aromatic hydroxyl groups is 1. The van der Waals surface area contributed by atoms with Crippen LogP contribution in [0.3, 0.4) is 0 Å². The lowest BCUT2D eigenvalue weighted by atomic mass is 9.89. The van der Waals surface area contributed by atoms with E-state index in [1.54, 1.807) is 23.1 Å². The molecular formula is C16H19NO4. The first-order valence-corrected chi connectivity index (χ1v) is 7.38. The number of benzene rings is 1. The van der Waals surface area contributed by atoms with Crippen molar-refractivity contribution in [2.45, 2.75) is 44.2 Å². The summed E-state index contributed by atoms with van der Waals surface area (Å²) in [5.41, 5.74) is 0.757. The number of rotatable bonds is 4. The molecule has 2 heterocycles. The van der Waals surface area contributed by atoms with Gasteiger partial charge in [0.25, 0.3) is 0 Å². The summed E-state index contributed by atoms with van der Waals surface area (Å²) in [4.78, 5) is 25.4. The SMILES string of the molecule is O=C(O)C1CC2CCC1N2C(=O)CCc1ccccc1O. The summed E-state index contributed by atoms with van der Waals surface area (Å²) in [6, 6.07) is 6.96. The molecule has 0 saturated carbocycles. The predicted molar refractivity (Wildman–Crippen MR) is 75.8 cm³/mol. The standard InChI is InChI=1S/C16H19NO4/c18-14-4-2-1-3-10(14)5-8-15(19)17-11-6-7-13(17)12(9-11)16(20)21/h1-4,11-13,18H,5-9H2,(H,20,21). The quantitative estimate of drug-likeness (QED) is 0.886. The molecule has 3 unspecified atom stereocenters. The van der Waals surface area contributed by atoms with Crippen LogP contribution in [0.4, 0.5) is 0 Å². The average Bonchev–Trinajstić information content (AvgIpc) is 3.04. The molecule has 2 saturated heterocycles. The van der Waals surface area contributed by atoms with Crippen molar-refractivity contribution in [3.8, 4) is 5.75 Å². The van der Waals surface area contributed by atoms with Gasteiger partial charge in [0.05, 0.1) is 5.92 Å². The van der Waals surface area contributed by atoms with Crippen molar-refractivity contribution in [1.82, 2.24) is 4.90 Å². The second-order valence-electron chi connectivity index (χ2n) is 5.91. The average molecular weight is 289 g/mol. The Morgan fingerprint density at radius 3 is 2.67 bits per heavy atom. The Morgan fingerprint density at radius 1 is 1.24 bits per heavy atom. The van der Waals surface area contributed by atoms with Crippen LogP contribution in [-0.2, 0) is 16.0 Å². The number of carbonyl (C=O) groups excluding carboxylic acids is 1. The van der Waals surface area contributed by atoms with Gasteiger partial charge < -0.3 is 15.1 Å². The third kappa shape index (κ3) is 2.48. The molecule has 2 fully saturated rings. The zero-order valence-corrected chi connectivity index (χ0v) is 11.7. The summed E-state index contributed by atoms with van der Waals surface area (Å²) < 4.78 is 0. The fraction of sp³-hybridized carbons (Fsp3) is 0.500. The van der Waals surface area contributed by atoms with Crippen molar-refractivity contribution in [2.24, 2.45) is 5.92 Å². The highest BCUT2D eigenvalue weighted by Crippen LogP contribution is 2.42. The Bertz CT molecular complexity index is 571. The van der Waals surface area contributed by atoms with E-state index >= 15 is 0 Å². The maximum atomic E-state index is 12.4. The Kier molecular flexibility index (Phi) is 3.57. The van der Waals surface area contributed by atoms with Crippen molar-refractivity contribution in [1.29, 1.82) is 0 Å². The topological polar surface area (TPSA) is 77.8 Å². The molecule has 0 aliphatic carbocycles. The van der Waals surface area contributed by atoms with Gasteiger partial charge in [0.1, 0.15) is 5.75 Å². The van der Waals surface area contributed by atoms with Gasteiger partial charge in [-0.15, -0.1) is 0 Å². The largest absolute Gasteiger partial charge is 0.508 e. The minimum Gasteiger partial charge on any atom is -0.508 e. The van der Waals surface area contributed by atoms with Crippen molar-refractivity contribution in [2.75, 3.05) is 0 Å². The van der Waals surface area contributed by atoms with E-state index in [9.17, 15) is 19.8 Å². The number of amides is 1. The first-order valence-electron chi connectivity index (χ1n) is 7.38. The molecular weight excluding hydrogens is 270 g/mol. The highest BCUT2D eigenvalue weighted by Gasteiger charge is 2.50. The number of phenolic OH excluding ortho intramolecular Hbond substituents is 1. The number of aryl methyl sites for hydroxylation is 1. The predicted octanol–water partition coefficient (Wildman–Crippen LogP) is 1.79. The summed E-state index contributed by atoms with van der Waals surface area (Å²) in [5.74, 6) is -0.980. The number of carbonyl (C=O) groups is 2. The van der Waals surface area contributed by atoms with E-state index in [1.165, 1.54) is 0 Å². The highest BCUT2D eigenvalue weighted by atomic mass is 16.4. The minimum absolute atomic E-state index is 0.00880. The van der Waals surface area contributed by atoms with Crippen molar-refractivity contribution in [3.05, 3.63) is 29.8 Å². The van der Waals surface area contributed by atoms with Gasteiger partial charge in [0.2, 0.25) is 5.91 Å². The summed E-state index contributed by atoms with van der Waals surface area (Å²) >= 11 is 0. The van der Waals surface area contributed by atoms with Crippen LogP contribution in [0.2, 0.25) is 0 Å². The monoisotopic (exact) mass is 289 g/mol. The number of hydrogen-bond donors (Lipinski definition) is 2. The third-order valence-corrected chi connectivity index (χ3v) is 4.74. The molecule has 112 valence electrons. The van der Waals surface area contributed by atoms with Crippen LogP contribution >= 0.6 is 0 Å². The van der Waals surface area contributed by atoms with Gasteiger partial charge in [-0.2, -0.15) is 0 Å². The Labute approximate surface area is 123 Å². The number of nitrogens with zero attached hydrogens (tertiary/aromatic N) is 1. The number of hydrogen-bond acceptors (Lipinski definition) is 3. The summed E-state index contributed by atoms with van der Waals surface area (Å²) in [7, 11) is 0. The van der Waals surface area contributed by atoms with Crippen LogP contribution < -0.4 is 0 Å². The van der Waals surface area contributed by atoms with Gasteiger partial charge in [0.15, 0.2) is 0 Å². The van der Waals surface area contributed by atoms with Gasteiger partial charge in [-0.1, -0.05) is 18.2 Å². The molecule has 21 heavy (non-hydrogen) atoms. The molecule has 1 aromatic carbocycles.